The third kappa shape index (κ3) is 7.90. The van der Waals surface area contributed by atoms with Crippen LogP contribution in [0, 0.1) is 0 Å². The predicted octanol–water partition coefficient (Wildman–Crippen LogP) is 2.99. The van der Waals surface area contributed by atoms with E-state index in [-0.39, 0.29) is 6.09 Å². The van der Waals surface area contributed by atoms with Crippen LogP contribution < -0.4 is 0 Å². The summed E-state index contributed by atoms with van der Waals surface area (Å²) in [5.41, 5.74) is -0.454. The van der Waals surface area contributed by atoms with E-state index in [1.54, 1.807) is 4.90 Å². The molecule has 0 aliphatic rings. The van der Waals surface area contributed by atoms with Crippen molar-refractivity contribution in [3.8, 4) is 0 Å². The van der Waals surface area contributed by atoms with Gasteiger partial charge in [0.2, 0.25) is 0 Å². The molecule has 0 saturated carbocycles. The number of hydrogen-bond donors (Lipinski definition) is 0. The van der Waals surface area contributed by atoms with Gasteiger partial charge in [0.1, 0.15) is 11.9 Å². The number of hydrogen-bond acceptors (Lipinski definition) is 3. The van der Waals surface area contributed by atoms with Gasteiger partial charge in [-0.3, -0.25) is 4.90 Å². The fourth-order valence-electron chi connectivity index (χ4n) is 1.06. The summed E-state index contributed by atoms with van der Waals surface area (Å²) in [7, 11) is 0. The number of alkyl halides is 1. The van der Waals surface area contributed by atoms with Crippen molar-refractivity contribution in [2.24, 2.45) is 0 Å². The van der Waals surface area contributed by atoms with Gasteiger partial charge < -0.3 is 9.53 Å². The van der Waals surface area contributed by atoms with E-state index in [2.05, 4.69) is 22.6 Å². The van der Waals surface area contributed by atoms with Crippen molar-refractivity contribution in [3.05, 3.63) is 0 Å². The molecule has 0 rings (SSSR count). The van der Waals surface area contributed by atoms with E-state index in [0.717, 1.165) is 19.1 Å². The number of halogens is 1. The van der Waals surface area contributed by atoms with Crippen LogP contribution in [0.3, 0.4) is 0 Å². The van der Waals surface area contributed by atoms with Crippen LogP contribution in [-0.4, -0.2) is 34.0 Å². The Labute approximate surface area is 111 Å². The Kier molecular flexibility index (Phi) is 7.70. The van der Waals surface area contributed by atoms with E-state index in [4.69, 9.17) is 4.74 Å². The van der Waals surface area contributed by atoms with Gasteiger partial charge in [-0.2, -0.15) is 0 Å². The number of carbonyl (C=O) groups is 2. The SMILES string of the molecule is CC(C)(C)OC(=O)N(CI)CCCCC=O. The lowest BCUT2D eigenvalue weighted by molar-refractivity contribution is -0.107. The zero-order chi connectivity index (χ0) is 12.6. The lowest BCUT2D eigenvalue weighted by atomic mass is 10.2. The van der Waals surface area contributed by atoms with Crippen LogP contribution >= 0.6 is 22.6 Å². The van der Waals surface area contributed by atoms with Crippen molar-refractivity contribution in [2.45, 2.75) is 45.6 Å². The predicted molar refractivity (Wildman–Crippen MR) is 71.7 cm³/mol. The number of unbranched alkanes of at least 4 members (excludes halogenated alkanes) is 2. The number of aldehydes is 1. The second-order valence-electron chi connectivity index (χ2n) is 4.53. The van der Waals surface area contributed by atoms with Gasteiger partial charge in [0.05, 0.1) is 4.55 Å². The highest BCUT2D eigenvalue weighted by molar-refractivity contribution is 14.1. The van der Waals surface area contributed by atoms with Gasteiger partial charge in [-0.1, -0.05) is 22.6 Å². The van der Waals surface area contributed by atoms with Crippen molar-refractivity contribution in [1.82, 2.24) is 4.90 Å². The summed E-state index contributed by atoms with van der Waals surface area (Å²) < 4.78 is 5.87. The van der Waals surface area contributed by atoms with E-state index < -0.39 is 5.60 Å². The van der Waals surface area contributed by atoms with Gasteiger partial charge in [0.15, 0.2) is 0 Å². The first-order valence-corrected chi connectivity index (χ1v) is 6.91. The first kappa shape index (κ1) is 15.7. The molecule has 0 N–H and O–H groups in total. The number of rotatable bonds is 6. The van der Waals surface area contributed by atoms with Crippen LogP contribution in [0.15, 0.2) is 0 Å². The maximum atomic E-state index is 11.7. The van der Waals surface area contributed by atoms with Crippen molar-refractivity contribution >= 4 is 35.0 Å². The minimum atomic E-state index is -0.454. The Morgan fingerprint density at radius 2 is 2.00 bits per heavy atom. The summed E-state index contributed by atoms with van der Waals surface area (Å²) in [4.78, 5) is 23.5. The highest BCUT2D eigenvalue weighted by atomic mass is 127. The standard InChI is InChI=1S/C11H20INO3/c1-11(2,3)16-10(15)13(9-12)7-5-4-6-8-14/h8H,4-7,9H2,1-3H3. The Morgan fingerprint density at radius 3 is 2.44 bits per heavy atom. The van der Waals surface area contributed by atoms with Crippen LogP contribution in [-0.2, 0) is 9.53 Å². The summed E-state index contributed by atoms with van der Waals surface area (Å²) in [6, 6.07) is 0. The van der Waals surface area contributed by atoms with Crippen molar-refractivity contribution < 1.29 is 14.3 Å². The number of amides is 1. The maximum Gasteiger partial charge on any atom is 0.410 e. The zero-order valence-corrected chi connectivity index (χ0v) is 12.3. The third-order valence-corrected chi connectivity index (χ3v) is 2.62. The molecular formula is C11H20INO3. The van der Waals surface area contributed by atoms with E-state index in [1.165, 1.54) is 0 Å². The summed E-state index contributed by atoms with van der Waals surface area (Å²) in [6.07, 6.45) is 2.83. The molecule has 0 aromatic carbocycles. The molecular weight excluding hydrogens is 321 g/mol. The van der Waals surface area contributed by atoms with Gasteiger partial charge in [-0.25, -0.2) is 4.79 Å². The van der Waals surface area contributed by atoms with Gasteiger partial charge in [-0.15, -0.1) is 0 Å². The maximum absolute atomic E-state index is 11.7. The molecule has 4 nitrogen and oxygen atoms in total. The topological polar surface area (TPSA) is 46.6 Å². The number of nitrogens with zero attached hydrogens (tertiary/aromatic N) is 1. The molecule has 0 aromatic heterocycles. The lowest BCUT2D eigenvalue weighted by Crippen LogP contribution is -2.36. The fourth-order valence-corrected chi connectivity index (χ4v) is 1.68. The molecule has 0 aromatic rings. The molecule has 16 heavy (non-hydrogen) atoms. The van der Waals surface area contributed by atoms with Crippen LogP contribution in [0.2, 0.25) is 0 Å². The first-order chi connectivity index (χ1) is 7.40. The van der Waals surface area contributed by atoms with Crippen LogP contribution in [0.1, 0.15) is 40.0 Å². The number of ether oxygens (including phenoxy) is 1. The minimum Gasteiger partial charge on any atom is -0.444 e. The summed E-state index contributed by atoms with van der Waals surface area (Å²) in [6.45, 7) is 6.19. The quantitative estimate of drug-likeness (QED) is 0.245. The fraction of sp³-hybridized carbons (Fsp3) is 0.818. The molecule has 0 spiro atoms. The zero-order valence-electron chi connectivity index (χ0n) is 10.2. The second kappa shape index (κ2) is 7.86. The molecule has 0 radical (unpaired) electrons. The molecule has 1 amide bonds. The molecule has 0 fully saturated rings. The van der Waals surface area contributed by atoms with Crippen LogP contribution in [0.5, 0.6) is 0 Å². The highest BCUT2D eigenvalue weighted by Crippen LogP contribution is 2.11. The number of carbonyl (C=O) groups excluding carboxylic acids is 2. The second-order valence-corrected chi connectivity index (χ2v) is 5.21. The Morgan fingerprint density at radius 1 is 1.38 bits per heavy atom. The van der Waals surface area contributed by atoms with Gasteiger partial charge >= 0.3 is 6.09 Å². The Balaban J connectivity index is 3.97. The van der Waals surface area contributed by atoms with Crippen LogP contribution in [0.25, 0.3) is 0 Å². The molecule has 0 atom stereocenters. The van der Waals surface area contributed by atoms with Gasteiger partial charge in [0, 0.05) is 13.0 Å². The summed E-state index contributed by atoms with van der Waals surface area (Å²) in [5.74, 6) is 0. The highest BCUT2D eigenvalue weighted by Gasteiger charge is 2.20. The average Bonchev–Trinajstić information content (AvgIpc) is 2.15. The monoisotopic (exact) mass is 341 g/mol. The van der Waals surface area contributed by atoms with Gasteiger partial charge in [-0.05, 0) is 33.6 Å². The summed E-state index contributed by atoms with van der Waals surface area (Å²) >= 11 is 2.13. The van der Waals surface area contributed by atoms with Crippen molar-refractivity contribution in [2.75, 3.05) is 11.1 Å². The molecule has 0 aliphatic carbocycles. The van der Waals surface area contributed by atoms with E-state index in [0.29, 0.717) is 17.5 Å². The molecule has 0 aliphatic heterocycles. The Hall–Kier alpha value is -0.330. The van der Waals surface area contributed by atoms with Gasteiger partial charge in [0.25, 0.3) is 0 Å². The first-order valence-electron chi connectivity index (χ1n) is 5.38. The Bertz CT molecular complexity index is 226. The van der Waals surface area contributed by atoms with Crippen LogP contribution in [0.4, 0.5) is 4.79 Å². The largest absolute Gasteiger partial charge is 0.444 e. The lowest BCUT2D eigenvalue weighted by Gasteiger charge is -2.25. The molecule has 0 heterocycles. The van der Waals surface area contributed by atoms with E-state index in [1.807, 2.05) is 20.8 Å². The van der Waals surface area contributed by atoms with Crippen molar-refractivity contribution in [3.63, 3.8) is 0 Å². The third-order valence-electron chi connectivity index (χ3n) is 1.80. The molecule has 0 bridgehead atoms. The smallest absolute Gasteiger partial charge is 0.410 e. The average molecular weight is 341 g/mol. The molecule has 94 valence electrons. The molecule has 0 saturated heterocycles. The van der Waals surface area contributed by atoms with E-state index >= 15 is 0 Å². The normalized spacial score (nSPS) is 11.0. The minimum absolute atomic E-state index is 0.284. The molecule has 0 unspecified atom stereocenters. The molecule has 5 heteroatoms. The van der Waals surface area contributed by atoms with Crippen molar-refractivity contribution in [1.29, 1.82) is 0 Å². The summed E-state index contributed by atoms with van der Waals surface area (Å²) in [5, 5.41) is 0. The van der Waals surface area contributed by atoms with E-state index in [9.17, 15) is 9.59 Å².